The highest BCUT2D eigenvalue weighted by atomic mass is 16.5. The number of para-hydroxylation sites is 1. The Balaban J connectivity index is 1.24. The van der Waals surface area contributed by atoms with E-state index in [1.54, 1.807) is 41.1 Å². The fraction of sp³-hybridized carbons (Fsp3) is 0.259. The molecule has 37 heavy (non-hydrogen) atoms. The Morgan fingerprint density at radius 3 is 2.76 bits per heavy atom. The number of carbonyl (C=O) groups is 3. The van der Waals surface area contributed by atoms with Crippen LogP contribution < -0.4 is 25.4 Å². The molecule has 0 bridgehead atoms. The Bertz CT molecular complexity index is 1430. The van der Waals surface area contributed by atoms with E-state index in [1.165, 1.54) is 13.2 Å². The smallest absolute Gasteiger partial charge is 0.265 e. The van der Waals surface area contributed by atoms with E-state index in [0.717, 1.165) is 17.7 Å². The molecule has 2 aliphatic rings. The molecule has 2 aromatic carbocycles. The summed E-state index contributed by atoms with van der Waals surface area (Å²) in [6.45, 7) is 0.254. The van der Waals surface area contributed by atoms with E-state index in [9.17, 15) is 14.4 Å². The second-order valence-electron chi connectivity index (χ2n) is 8.96. The van der Waals surface area contributed by atoms with Gasteiger partial charge in [-0.25, -0.2) is 0 Å². The lowest BCUT2D eigenvalue weighted by molar-refractivity contribution is -0.116. The fourth-order valence-electron chi connectivity index (χ4n) is 4.71. The molecule has 3 aromatic rings. The minimum atomic E-state index is -0.567. The number of anilines is 2. The maximum atomic E-state index is 13.5. The van der Waals surface area contributed by atoms with Crippen LogP contribution in [0, 0.1) is 0 Å². The minimum Gasteiger partial charge on any atom is -0.493 e. The number of nitrogens with one attached hydrogen (secondary N) is 1. The van der Waals surface area contributed by atoms with Crippen molar-refractivity contribution in [1.29, 1.82) is 0 Å². The number of ether oxygens (including phenoxy) is 2. The molecule has 3 heterocycles. The first-order valence-electron chi connectivity index (χ1n) is 11.9. The van der Waals surface area contributed by atoms with Gasteiger partial charge in [-0.2, -0.15) is 0 Å². The Labute approximate surface area is 213 Å². The number of aliphatic imine (C=N–C) groups is 1. The van der Waals surface area contributed by atoms with Gasteiger partial charge in [-0.05, 0) is 30.2 Å². The average Bonchev–Trinajstić information content (AvgIpc) is 3.40. The van der Waals surface area contributed by atoms with Gasteiger partial charge in [0.25, 0.3) is 11.8 Å². The van der Waals surface area contributed by atoms with E-state index in [2.05, 4.69) is 10.3 Å². The van der Waals surface area contributed by atoms with Crippen LogP contribution in [0.1, 0.15) is 39.3 Å². The van der Waals surface area contributed by atoms with Crippen LogP contribution >= 0.6 is 0 Å². The third-order valence-corrected chi connectivity index (χ3v) is 6.48. The predicted molar refractivity (Wildman–Crippen MR) is 139 cm³/mol. The van der Waals surface area contributed by atoms with Crippen molar-refractivity contribution in [2.45, 2.75) is 25.3 Å². The molecule has 1 aromatic heterocycles. The lowest BCUT2D eigenvalue weighted by Crippen LogP contribution is -2.37. The number of amides is 3. The molecule has 0 fully saturated rings. The highest BCUT2D eigenvalue weighted by Crippen LogP contribution is 2.40. The summed E-state index contributed by atoms with van der Waals surface area (Å²) in [5, 5.41) is 2.75. The van der Waals surface area contributed by atoms with Gasteiger partial charge in [0.1, 0.15) is 5.69 Å². The van der Waals surface area contributed by atoms with Gasteiger partial charge in [-0.15, -0.1) is 0 Å². The molecule has 3 N–H and O–H groups in total. The maximum absolute atomic E-state index is 13.5. The van der Waals surface area contributed by atoms with E-state index in [4.69, 9.17) is 15.2 Å². The van der Waals surface area contributed by atoms with E-state index in [1.807, 2.05) is 24.3 Å². The van der Waals surface area contributed by atoms with Gasteiger partial charge in [0.2, 0.25) is 5.91 Å². The molecular weight excluding hydrogens is 474 g/mol. The van der Waals surface area contributed by atoms with Gasteiger partial charge in [-0.3, -0.25) is 24.3 Å². The van der Waals surface area contributed by atoms with Crippen molar-refractivity contribution >= 4 is 41.0 Å². The SMILES string of the molecule is COc1cc2c(cc1OCCCC(=O)Nc1cc(C(N)=O)n(C)c1)N=CC1Cc3ccccc3N1C2=O. The van der Waals surface area contributed by atoms with Gasteiger partial charge in [0.05, 0.1) is 36.7 Å². The normalized spacial score (nSPS) is 15.5. The van der Waals surface area contributed by atoms with Crippen LogP contribution in [-0.2, 0) is 18.3 Å². The third kappa shape index (κ3) is 4.65. The number of hydrogen-bond donors (Lipinski definition) is 2. The lowest BCUT2D eigenvalue weighted by Gasteiger charge is -2.22. The number of hydrogen-bond acceptors (Lipinski definition) is 6. The number of benzene rings is 2. The highest BCUT2D eigenvalue weighted by Gasteiger charge is 2.36. The van der Waals surface area contributed by atoms with E-state index in [-0.39, 0.29) is 30.9 Å². The van der Waals surface area contributed by atoms with Gasteiger partial charge in [0, 0.05) is 44.1 Å². The highest BCUT2D eigenvalue weighted by molar-refractivity contribution is 6.14. The molecule has 2 aliphatic heterocycles. The van der Waals surface area contributed by atoms with Gasteiger partial charge < -0.3 is 25.1 Å². The zero-order valence-corrected chi connectivity index (χ0v) is 20.6. The van der Waals surface area contributed by atoms with Crippen LogP contribution in [0.3, 0.4) is 0 Å². The zero-order chi connectivity index (χ0) is 26.1. The molecule has 0 aliphatic carbocycles. The molecular formula is C27H27N5O5. The van der Waals surface area contributed by atoms with Crippen molar-refractivity contribution in [1.82, 2.24) is 4.57 Å². The summed E-state index contributed by atoms with van der Waals surface area (Å²) in [4.78, 5) is 43.6. The van der Waals surface area contributed by atoms with Gasteiger partial charge in [0.15, 0.2) is 11.5 Å². The predicted octanol–water partition coefficient (Wildman–Crippen LogP) is 3.22. The monoisotopic (exact) mass is 501 g/mol. The zero-order valence-electron chi connectivity index (χ0n) is 20.6. The number of nitrogens with two attached hydrogens (primary N) is 1. The standard InChI is InChI=1S/C27H27N5O5/c1-31-15-17(11-22(31)26(28)34)30-25(33)8-5-9-37-24-13-20-19(12-23(24)36-2)27(35)32-18(14-29-20)10-16-6-3-4-7-21(16)32/h3-4,6-7,11-15,18H,5,8-10H2,1-2H3,(H2,28,34)(H,30,33). The summed E-state index contributed by atoms with van der Waals surface area (Å²) in [7, 11) is 3.19. The average molecular weight is 502 g/mol. The Morgan fingerprint density at radius 1 is 1.19 bits per heavy atom. The van der Waals surface area contributed by atoms with Gasteiger partial charge in [-0.1, -0.05) is 18.2 Å². The van der Waals surface area contributed by atoms with Gasteiger partial charge >= 0.3 is 0 Å². The summed E-state index contributed by atoms with van der Waals surface area (Å²) < 4.78 is 13.0. The third-order valence-electron chi connectivity index (χ3n) is 6.48. The first-order chi connectivity index (χ1) is 17.9. The molecule has 10 nitrogen and oxygen atoms in total. The van der Waals surface area contributed by atoms with E-state index < -0.39 is 5.91 Å². The van der Waals surface area contributed by atoms with Crippen LogP contribution in [0.4, 0.5) is 17.1 Å². The first-order valence-corrected chi connectivity index (χ1v) is 11.9. The van der Waals surface area contributed by atoms with Crippen molar-refractivity contribution in [3.63, 3.8) is 0 Å². The Morgan fingerprint density at radius 2 is 2.00 bits per heavy atom. The number of carbonyl (C=O) groups excluding carboxylic acids is 3. The molecule has 0 radical (unpaired) electrons. The van der Waals surface area contributed by atoms with Crippen LogP contribution in [0.2, 0.25) is 0 Å². The van der Waals surface area contributed by atoms with Crippen molar-refractivity contribution in [3.8, 4) is 11.5 Å². The molecule has 10 heteroatoms. The Hall–Kier alpha value is -4.60. The topological polar surface area (TPSA) is 128 Å². The fourth-order valence-corrected chi connectivity index (χ4v) is 4.71. The minimum absolute atomic E-state index is 0.135. The second-order valence-corrected chi connectivity index (χ2v) is 8.96. The summed E-state index contributed by atoms with van der Waals surface area (Å²) >= 11 is 0. The Kier molecular flexibility index (Phi) is 6.39. The number of rotatable bonds is 8. The summed E-state index contributed by atoms with van der Waals surface area (Å²) in [5.74, 6) is -0.0499. The molecule has 190 valence electrons. The quantitative estimate of drug-likeness (QED) is 0.458. The van der Waals surface area contributed by atoms with Crippen LogP contribution in [0.15, 0.2) is 53.7 Å². The molecule has 0 saturated heterocycles. The van der Waals surface area contributed by atoms with Crippen molar-refractivity contribution in [2.24, 2.45) is 17.8 Å². The number of nitrogens with zero attached hydrogens (tertiary/aromatic N) is 3. The molecule has 1 atom stereocenters. The summed E-state index contributed by atoms with van der Waals surface area (Å²) in [6, 6.07) is 12.6. The van der Waals surface area contributed by atoms with Crippen molar-refractivity contribution in [3.05, 3.63) is 65.5 Å². The molecule has 0 saturated carbocycles. The number of aryl methyl sites for hydroxylation is 1. The number of fused-ring (bicyclic) bond motifs is 4. The second kappa shape index (κ2) is 9.81. The summed E-state index contributed by atoms with van der Waals surface area (Å²) in [5.41, 5.74) is 9.09. The van der Waals surface area contributed by atoms with Crippen molar-refractivity contribution in [2.75, 3.05) is 23.9 Å². The maximum Gasteiger partial charge on any atom is 0.265 e. The van der Waals surface area contributed by atoms with Crippen LogP contribution in [-0.4, -0.2) is 48.3 Å². The summed E-state index contributed by atoms with van der Waals surface area (Å²) in [6.07, 6.45) is 4.80. The lowest BCUT2D eigenvalue weighted by atomic mass is 10.1. The number of primary amides is 1. The van der Waals surface area contributed by atoms with E-state index >= 15 is 0 Å². The molecule has 5 rings (SSSR count). The molecule has 0 spiro atoms. The number of methoxy groups -OCH3 is 1. The first kappa shape index (κ1) is 24.1. The van der Waals surface area contributed by atoms with E-state index in [0.29, 0.717) is 40.6 Å². The van der Waals surface area contributed by atoms with Crippen molar-refractivity contribution < 1.29 is 23.9 Å². The largest absolute Gasteiger partial charge is 0.493 e. The van der Waals surface area contributed by atoms with Crippen LogP contribution in [0.25, 0.3) is 0 Å². The van der Waals surface area contributed by atoms with Crippen LogP contribution in [0.5, 0.6) is 11.5 Å². The number of aromatic nitrogens is 1. The molecule has 3 amide bonds. The molecule has 1 unspecified atom stereocenters.